The predicted octanol–water partition coefficient (Wildman–Crippen LogP) is 2.26. The molecule has 2 N–H and O–H groups in total. The topological polar surface area (TPSA) is 61.4 Å². The summed E-state index contributed by atoms with van der Waals surface area (Å²) in [6.45, 7) is 7.03. The zero-order chi connectivity index (χ0) is 17.5. The summed E-state index contributed by atoms with van der Waals surface area (Å²) in [6.07, 6.45) is -4.94. The Morgan fingerprint density at radius 2 is 1.65 bits per heavy atom. The van der Waals surface area contributed by atoms with Gasteiger partial charge in [0.05, 0.1) is 0 Å². The average molecular weight is 331 g/mol. The zero-order valence-corrected chi connectivity index (χ0v) is 13.0. The van der Waals surface area contributed by atoms with Crippen LogP contribution in [0.15, 0.2) is 24.3 Å². The molecule has 5 nitrogen and oxygen atoms in total. The summed E-state index contributed by atoms with van der Waals surface area (Å²) in [7, 11) is 0. The van der Waals surface area contributed by atoms with Crippen LogP contribution in [0.3, 0.4) is 0 Å². The van der Waals surface area contributed by atoms with Gasteiger partial charge in [-0.3, -0.25) is 9.59 Å². The number of alkyl halides is 3. The van der Waals surface area contributed by atoms with Crippen molar-refractivity contribution in [1.82, 2.24) is 10.2 Å². The van der Waals surface area contributed by atoms with Gasteiger partial charge in [0.15, 0.2) is 0 Å². The first-order valence-electron chi connectivity index (χ1n) is 7.26. The molecule has 1 aromatic carbocycles. The van der Waals surface area contributed by atoms with Crippen LogP contribution in [0.5, 0.6) is 0 Å². The summed E-state index contributed by atoms with van der Waals surface area (Å²) in [5.41, 5.74) is 0.293. The number of nitrogens with one attached hydrogen (secondary N) is 2. The molecule has 0 radical (unpaired) electrons. The van der Waals surface area contributed by atoms with E-state index in [1.807, 2.05) is 13.8 Å². The Labute approximate surface area is 132 Å². The minimum absolute atomic E-state index is 0.0213. The Balaban J connectivity index is 2.52. The van der Waals surface area contributed by atoms with E-state index in [1.54, 1.807) is 5.32 Å². The fourth-order valence-electron chi connectivity index (χ4n) is 1.88. The predicted molar refractivity (Wildman–Crippen MR) is 81.2 cm³/mol. The van der Waals surface area contributed by atoms with Gasteiger partial charge in [-0.15, -0.1) is 0 Å². The van der Waals surface area contributed by atoms with Crippen LogP contribution in [-0.4, -0.2) is 49.1 Å². The maximum atomic E-state index is 12.1. The monoisotopic (exact) mass is 331 g/mol. The summed E-state index contributed by atoms with van der Waals surface area (Å²) in [4.78, 5) is 24.8. The number of likely N-dealkylation sites (N-methyl/N-ethyl adjacent to an activating group) is 1. The van der Waals surface area contributed by atoms with E-state index in [9.17, 15) is 22.8 Å². The largest absolute Gasteiger partial charge is 0.471 e. The number of halogens is 3. The van der Waals surface area contributed by atoms with Crippen molar-refractivity contribution >= 4 is 17.5 Å². The Kier molecular flexibility index (Phi) is 7.02. The van der Waals surface area contributed by atoms with Gasteiger partial charge in [0, 0.05) is 24.3 Å². The first kappa shape index (κ1) is 19.0. The van der Waals surface area contributed by atoms with Crippen molar-refractivity contribution in [3.05, 3.63) is 29.8 Å². The Bertz CT molecular complexity index is 526. The highest BCUT2D eigenvalue weighted by Gasteiger charge is 2.38. The molecule has 0 fully saturated rings. The van der Waals surface area contributed by atoms with Crippen LogP contribution >= 0.6 is 0 Å². The molecule has 0 spiro atoms. The standard InChI is InChI=1S/C15H20F3N3O2/c1-3-21(4-2)10-9-19-13(22)11-5-7-12(8-6-11)20-14(23)15(16,17)18/h5-8H,3-4,9-10H2,1-2H3,(H,19,22)(H,20,23). The molecule has 0 heterocycles. The van der Waals surface area contributed by atoms with Gasteiger partial charge in [-0.2, -0.15) is 13.2 Å². The lowest BCUT2D eigenvalue weighted by Gasteiger charge is -2.18. The van der Waals surface area contributed by atoms with Gasteiger partial charge in [-0.1, -0.05) is 13.8 Å². The molecule has 0 aliphatic rings. The van der Waals surface area contributed by atoms with Crippen molar-refractivity contribution in [2.24, 2.45) is 0 Å². The fourth-order valence-corrected chi connectivity index (χ4v) is 1.88. The minimum atomic E-state index is -4.94. The second kappa shape index (κ2) is 8.52. The van der Waals surface area contributed by atoms with Gasteiger partial charge in [0.2, 0.25) is 0 Å². The van der Waals surface area contributed by atoms with Crippen LogP contribution in [0.1, 0.15) is 24.2 Å². The third kappa shape index (κ3) is 6.27. The number of rotatable bonds is 7. The number of benzene rings is 1. The second-order valence-corrected chi connectivity index (χ2v) is 4.81. The molecular weight excluding hydrogens is 311 g/mol. The number of hydrogen-bond acceptors (Lipinski definition) is 3. The number of carbonyl (C=O) groups is 2. The van der Waals surface area contributed by atoms with Crippen LogP contribution in [0.4, 0.5) is 18.9 Å². The van der Waals surface area contributed by atoms with Crippen LogP contribution in [0, 0.1) is 0 Å². The summed E-state index contributed by atoms with van der Waals surface area (Å²) < 4.78 is 36.4. The van der Waals surface area contributed by atoms with Gasteiger partial charge in [0.1, 0.15) is 0 Å². The number of carbonyl (C=O) groups excluding carboxylic acids is 2. The molecule has 0 bridgehead atoms. The Morgan fingerprint density at radius 3 is 2.13 bits per heavy atom. The van der Waals surface area contributed by atoms with Crippen LogP contribution in [-0.2, 0) is 4.79 Å². The van der Waals surface area contributed by atoms with Gasteiger partial charge in [-0.25, -0.2) is 0 Å². The molecule has 2 amide bonds. The van der Waals surface area contributed by atoms with Gasteiger partial charge >= 0.3 is 12.1 Å². The molecular formula is C15H20F3N3O2. The van der Waals surface area contributed by atoms with E-state index in [0.29, 0.717) is 12.1 Å². The molecule has 0 aliphatic heterocycles. The molecule has 23 heavy (non-hydrogen) atoms. The lowest BCUT2D eigenvalue weighted by atomic mass is 10.2. The average Bonchev–Trinajstić information content (AvgIpc) is 2.51. The van der Waals surface area contributed by atoms with Crippen molar-refractivity contribution in [2.45, 2.75) is 20.0 Å². The Hall–Kier alpha value is -2.09. The second-order valence-electron chi connectivity index (χ2n) is 4.81. The van der Waals surface area contributed by atoms with E-state index >= 15 is 0 Å². The third-order valence-corrected chi connectivity index (χ3v) is 3.27. The molecule has 0 saturated heterocycles. The van der Waals surface area contributed by atoms with Crippen molar-refractivity contribution in [2.75, 3.05) is 31.5 Å². The lowest BCUT2D eigenvalue weighted by molar-refractivity contribution is -0.167. The third-order valence-electron chi connectivity index (χ3n) is 3.27. The van der Waals surface area contributed by atoms with Crippen LogP contribution in [0.25, 0.3) is 0 Å². The summed E-state index contributed by atoms with van der Waals surface area (Å²) in [5.74, 6) is -2.36. The van der Waals surface area contributed by atoms with E-state index in [-0.39, 0.29) is 11.6 Å². The van der Waals surface area contributed by atoms with Crippen molar-refractivity contribution in [3.8, 4) is 0 Å². The maximum absolute atomic E-state index is 12.1. The van der Waals surface area contributed by atoms with Crippen LogP contribution < -0.4 is 10.6 Å². The maximum Gasteiger partial charge on any atom is 0.471 e. The van der Waals surface area contributed by atoms with E-state index in [2.05, 4.69) is 10.2 Å². The number of anilines is 1. The lowest BCUT2D eigenvalue weighted by Crippen LogP contribution is -2.34. The van der Waals surface area contributed by atoms with E-state index in [0.717, 1.165) is 19.6 Å². The van der Waals surface area contributed by atoms with Gasteiger partial charge in [-0.05, 0) is 37.4 Å². The quantitative estimate of drug-likeness (QED) is 0.806. The van der Waals surface area contributed by atoms with Crippen molar-refractivity contribution in [1.29, 1.82) is 0 Å². The molecule has 128 valence electrons. The molecule has 0 aromatic heterocycles. The molecule has 8 heteroatoms. The SMILES string of the molecule is CCN(CC)CCNC(=O)c1ccc(NC(=O)C(F)(F)F)cc1. The number of amides is 2. The van der Waals surface area contributed by atoms with Gasteiger partial charge in [0.25, 0.3) is 5.91 Å². The van der Waals surface area contributed by atoms with Crippen LogP contribution in [0.2, 0.25) is 0 Å². The zero-order valence-electron chi connectivity index (χ0n) is 13.0. The first-order valence-corrected chi connectivity index (χ1v) is 7.26. The van der Waals surface area contributed by atoms with E-state index in [4.69, 9.17) is 0 Å². The molecule has 1 rings (SSSR count). The Morgan fingerprint density at radius 1 is 1.09 bits per heavy atom. The molecule has 0 aliphatic carbocycles. The van der Waals surface area contributed by atoms with E-state index in [1.165, 1.54) is 24.3 Å². The fraction of sp³-hybridized carbons (Fsp3) is 0.467. The summed E-state index contributed by atoms with van der Waals surface area (Å²) in [6, 6.07) is 5.23. The van der Waals surface area contributed by atoms with Crippen molar-refractivity contribution in [3.63, 3.8) is 0 Å². The van der Waals surface area contributed by atoms with Gasteiger partial charge < -0.3 is 15.5 Å². The van der Waals surface area contributed by atoms with Crippen molar-refractivity contribution < 1.29 is 22.8 Å². The first-order chi connectivity index (χ1) is 10.8. The number of hydrogen-bond donors (Lipinski definition) is 2. The summed E-state index contributed by atoms with van der Waals surface area (Å²) in [5, 5.41) is 4.45. The highest BCUT2D eigenvalue weighted by Crippen LogP contribution is 2.18. The smallest absolute Gasteiger partial charge is 0.351 e. The molecule has 0 saturated carbocycles. The highest BCUT2D eigenvalue weighted by molar-refractivity contribution is 5.97. The highest BCUT2D eigenvalue weighted by atomic mass is 19.4. The minimum Gasteiger partial charge on any atom is -0.351 e. The molecule has 1 aromatic rings. The normalized spacial score (nSPS) is 11.4. The number of nitrogens with zero attached hydrogens (tertiary/aromatic N) is 1. The summed E-state index contributed by atoms with van der Waals surface area (Å²) >= 11 is 0. The molecule has 0 unspecified atom stereocenters. The molecule has 0 atom stereocenters. The van der Waals surface area contributed by atoms with E-state index < -0.39 is 12.1 Å².